The Balaban J connectivity index is 1.55. The van der Waals surface area contributed by atoms with Gasteiger partial charge in [-0.1, -0.05) is 18.5 Å². The van der Waals surface area contributed by atoms with Gasteiger partial charge in [-0.05, 0) is 49.9 Å². The molecule has 5 nitrogen and oxygen atoms in total. The third-order valence-electron chi connectivity index (χ3n) is 4.34. The monoisotopic (exact) mass is 328 g/mol. The number of benzene rings is 1. The molecular weight excluding hydrogens is 304 g/mol. The standard InChI is InChI=1S/C19H24N2O3/c1-2-3-12-23-19(22)14-8-10-15(11-9-14)20-13-17-16-6-4-5-7-18(16)24-21-17/h8-11,20H,2-7,12-13H2,1H3. The summed E-state index contributed by atoms with van der Waals surface area (Å²) in [7, 11) is 0. The lowest BCUT2D eigenvalue weighted by atomic mass is 9.96. The summed E-state index contributed by atoms with van der Waals surface area (Å²) in [6, 6.07) is 7.36. The third kappa shape index (κ3) is 3.96. The van der Waals surface area contributed by atoms with Crippen molar-refractivity contribution in [3.63, 3.8) is 0 Å². The normalized spacial score (nSPS) is 13.4. The van der Waals surface area contributed by atoms with Gasteiger partial charge in [0.15, 0.2) is 0 Å². The van der Waals surface area contributed by atoms with Crippen LogP contribution in [0.3, 0.4) is 0 Å². The molecule has 0 aliphatic heterocycles. The van der Waals surface area contributed by atoms with Gasteiger partial charge in [0.1, 0.15) is 11.5 Å². The van der Waals surface area contributed by atoms with E-state index in [1.165, 1.54) is 18.4 Å². The van der Waals surface area contributed by atoms with Crippen LogP contribution in [0.4, 0.5) is 5.69 Å². The minimum absolute atomic E-state index is 0.263. The Kier molecular flexibility index (Phi) is 5.51. The highest BCUT2D eigenvalue weighted by Crippen LogP contribution is 2.24. The van der Waals surface area contributed by atoms with Gasteiger partial charge in [0.2, 0.25) is 0 Å². The number of carbonyl (C=O) groups excluding carboxylic acids is 1. The van der Waals surface area contributed by atoms with Crippen molar-refractivity contribution in [2.75, 3.05) is 11.9 Å². The van der Waals surface area contributed by atoms with Crippen LogP contribution in [0.25, 0.3) is 0 Å². The molecule has 1 aromatic carbocycles. The van der Waals surface area contributed by atoms with Crippen LogP contribution < -0.4 is 5.32 Å². The first-order valence-corrected chi connectivity index (χ1v) is 8.75. The third-order valence-corrected chi connectivity index (χ3v) is 4.34. The molecule has 0 amide bonds. The lowest BCUT2D eigenvalue weighted by Gasteiger charge is -2.10. The number of hydrogen-bond acceptors (Lipinski definition) is 5. The van der Waals surface area contributed by atoms with E-state index in [-0.39, 0.29) is 5.97 Å². The van der Waals surface area contributed by atoms with E-state index in [0.717, 1.165) is 42.8 Å². The molecular formula is C19H24N2O3. The predicted molar refractivity (Wildman–Crippen MR) is 92.1 cm³/mol. The number of nitrogens with one attached hydrogen (secondary N) is 1. The topological polar surface area (TPSA) is 64.4 Å². The smallest absolute Gasteiger partial charge is 0.338 e. The van der Waals surface area contributed by atoms with Crippen molar-refractivity contribution in [1.29, 1.82) is 0 Å². The molecule has 3 rings (SSSR count). The first-order valence-electron chi connectivity index (χ1n) is 8.75. The zero-order valence-corrected chi connectivity index (χ0v) is 14.1. The van der Waals surface area contributed by atoms with Crippen molar-refractivity contribution in [1.82, 2.24) is 5.16 Å². The number of ether oxygens (including phenoxy) is 1. The Bertz CT molecular complexity index is 676. The second-order valence-electron chi connectivity index (χ2n) is 6.16. The van der Waals surface area contributed by atoms with Crippen LogP contribution >= 0.6 is 0 Å². The quantitative estimate of drug-likeness (QED) is 0.612. The van der Waals surface area contributed by atoms with E-state index in [1.54, 1.807) is 12.1 Å². The number of hydrogen-bond donors (Lipinski definition) is 1. The van der Waals surface area contributed by atoms with E-state index < -0.39 is 0 Å². The van der Waals surface area contributed by atoms with Crippen molar-refractivity contribution in [2.45, 2.75) is 52.0 Å². The lowest BCUT2D eigenvalue weighted by Crippen LogP contribution is -2.07. The highest BCUT2D eigenvalue weighted by atomic mass is 16.5. The average molecular weight is 328 g/mol. The number of fused-ring (bicyclic) bond motifs is 1. The number of anilines is 1. The Morgan fingerprint density at radius 1 is 1.25 bits per heavy atom. The van der Waals surface area contributed by atoms with Crippen LogP contribution in [0.2, 0.25) is 0 Å². The highest BCUT2D eigenvalue weighted by Gasteiger charge is 2.18. The molecule has 1 aromatic heterocycles. The molecule has 0 fully saturated rings. The molecule has 24 heavy (non-hydrogen) atoms. The van der Waals surface area contributed by atoms with Crippen LogP contribution in [0.5, 0.6) is 0 Å². The minimum Gasteiger partial charge on any atom is -0.462 e. The van der Waals surface area contributed by atoms with E-state index in [4.69, 9.17) is 9.26 Å². The molecule has 0 unspecified atom stereocenters. The zero-order valence-electron chi connectivity index (χ0n) is 14.1. The van der Waals surface area contributed by atoms with Crippen molar-refractivity contribution in [3.8, 4) is 0 Å². The maximum absolute atomic E-state index is 11.9. The fourth-order valence-electron chi connectivity index (χ4n) is 2.89. The molecule has 1 N–H and O–H groups in total. The van der Waals surface area contributed by atoms with Gasteiger partial charge in [-0.25, -0.2) is 4.79 Å². The van der Waals surface area contributed by atoms with Gasteiger partial charge in [0.05, 0.1) is 18.7 Å². The molecule has 0 saturated carbocycles. The van der Waals surface area contributed by atoms with Gasteiger partial charge in [0, 0.05) is 17.7 Å². The van der Waals surface area contributed by atoms with Crippen molar-refractivity contribution in [2.24, 2.45) is 0 Å². The van der Waals surface area contributed by atoms with Gasteiger partial charge in [-0.2, -0.15) is 0 Å². The van der Waals surface area contributed by atoms with Crippen LogP contribution in [0, 0.1) is 0 Å². The number of aryl methyl sites for hydroxylation is 1. The molecule has 0 spiro atoms. The summed E-state index contributed by atoms with van der Waals surface area (Å²) in [5.74, 6) is 0.781. The summed E-state index contributed by atoms with van der Waals surface area (Å²) in [6.07, 6.45) is 6.35. The highest BCUT2D eigenvalue weighted by molar-refractivity contribution is 5.89. The molecule has 128 valence electrons. The van der Waals surface area contributed by atoms with E-state index in [1.807, 2.05) is 12.1 Å². The molecule has 0 bridgehead atoms. The van der Waals surface area contributed by atoms with Gasteiger partial charge in [0.25, 0.3) is 0 Å². The van der Waals surface area contributed by atoms with Gasteiger partial charge in [-0.15, -0.1) is 0 Å². The molecule has 0 radical (unpaired) electrons. The van der Waals surface area contributed by atoms with E-state index >= 15 is 0 Å². The molecule has 5 heteroatoms. The Hall–Kier alpha value is -2.30. The number of aromatic nitrogens is 1. The molecule has 0 saturated heterocycles. The van der Waals surface area contributed by atoms with Crippen molar-refractivity contribution in [3.05, 3.63) is 46.8 Å². The second kappa shape index (κ2) is 7.99. The van der Waals surface area contributed by atoms with Gasteiger partial charge in [-0.3, -0.25) is 0 Å². The summed E-state index contributed by atoms with van der Waals surface area (Å²) < 4.78 is 10.6. The van der Waals surface area contributed by atoms with Crippen LogP contribution in [0.15, 0.2) is 28.8 Å². The SMILES string of the molecule is CCCCOC(=O)c1ccc(NCc2noc3c2CCCC3)cc1. The fourth-order valence-corrected chi connectivity index (χ4v) is 2.89. The maximum Gasteiger partial charge on any atom is 0.338 e. The Labute approximate surface area is 142 Å². The molecule has 2 aromatic rings. The molecule has 1 aliphatic rings. The van der Waals surface area contributed by atoms with E-state index in [9.17, 15) is 4.79 Å². The van der Waals surface area contributed by atoms with Crippen molar-refractivity contribution >= 4 is 11.7 Å². The van der Waals surface area contributed by atoms with E-state index in [2.05, 4.69) is 17.4 Å². The summed E-state index contributed by atoms with van der Waals surface area (Å²) in [5, 5.41) is 7.53. The Morgan fingerprint density at radius 2 is 2.04 bits per heavy atom. The van der Waals surface area contributed by atoms with Gasteiger partial charge >= 0.3 is 5.97 Å². The van der Waals surface area contributed by atoms with Crippen molar-refractivity contribution < 1.29 is 14.1 Å². The summed E-state index contributed by atoms with van der Waals surface area (Å²) in [4.78, 5) is 11.9. The van der Waals surface area contributed by atoms with Gasteiger partial charge < -0.3 is 14.6 Å². The first kappa shape index (κ1) is 16.6. The summed E-state index contributed by atoms with van der Waals surface area (Å²) in [5.41, 5.74) is 3.79. The number of unbranched alkanes of at least 4 members (excludes halogenated alkanes) is 1. The number of esters is 1. The molecule has 1 aliphatic carbocycles. The second-order valence-corrected chi connectivity index (χ2v) is 6.16. The average Bonchev–Trinajstić information content (AvgIpc) is 3.04. The molecule has 0 atom stereocenters. The first-order chi connectivity index (χ1) is 11.8. The number of rotatable bonds is 7. The predicted octanol–water partition coefficient (Wildman–Crippen LogP) is 4.12. The lowest BCUT2D eigenvalue weighted by molar-refractivity contribution is 0.0500. The fraction of sp³-hybridized carbons (Fsp3) is 0.474. The zero-order chi connectivity index (χ0) is 16.8. The largest absolute Gasteiger partial charge is 0.462 e. The summed E-state index contributed by atoms with van der Waals surface area (Å²) >= 11 is 0. The summed E-state index contributed by atoms with van der Waals surface area (Å²) in [6.45, 7) is 3.19. The van der Waals surface area contributed by atoms with Crippen LogP contribution in [-0.2, 0) is 24.1 Å². The van der Waals surface area contributed by atoms with Crippen LogP contribution in [0.1, 0.15) is 60.0 Å². The minimum atomic E-state index is -0.263. The Morgan fingerprint density at radius 3 is 2.83 bits per heavy atom. The number of nitrogens with zero attached hydrogens (tertiary/aromatic N) is 1. The molecule has 1 heterocycles. The van der Waals surface area contributed by atoms with E-state index in [0.29, 0.717) is 18.7 Å². The number of carbonyl (C=O) groups is 1. The van der Waals surface area contributed by atoms with Crippen LogP contribution in [-0.4, -0.2) is 17.7 Å². The maximum atomic E-state index is 11.9.